The van der Waals surface area contributed by atoms with Crippen LogP contribution in [-0.4, -0.2) is 8.07 Å². The second-order valence-electron chi connectivity index (χ2n) is 10.7. The number of hydrogen-bond acceptors (Lipinski definition) is 0. The summed E-state index contributed by atoms with van der Waals surface area (Å²) in [5.74, 6) is 11.6. The molecule has 0 bridgehead atoms. The summed E-state index contributed by atoms with van der Waals surface area (Å²) in [4.78, 5) is 0. The first kappa shape index (κ1) is 27.0. The van der Waals surface area contributed by atoms with Crippen LogP contribution in [0.3, 0.4) is 0 Å². The van der Waals surface area contributed by atoms with E-state index in [-0.39, 0.29) is 0 Å². The minimum atomic E-state index is -1.84. The van der Waals surface area contributed by atoms with E-state index in [9.17, 15) is 0 Å². The molecule has 0 unspecified atom stereocenters. The second-order valence-corrected chi connectivity index (χ2v) is 18.7. The summed E-state index contributed by atoms with van der Waals surface area (Å²) < 4.78 is 0. The summed E-state index contributed by atoms with van der Waals surface area (Å²) in [5, 5.41) is 0. The van der Waals surface area contributed by atoms with Gasteiger partial charge in [-0.3, -0.25) is 0 Å². The predicted octanol–water partition coefficient (Wildman–Crippen LogP) is 9.37. The van der Waals surface area contributed by atoms with Crippen LogP contribution in [0, 0.1) is 58.9 Å². The van der Waals surface area contributed by atoms with Crippen molar-refractivity contribution < 1.29 is 20.8 Å². The Balaban J connectivity index is 0.000000806. The fourth-order valence-corrected chi connectivity index (χ4v) is 11.5. The minimum absolute atomic E-state index is 0.826. The predicted molar refractivity (Wildman–Crippen MR) is 149 cm³/mol. The van der Waals surface area contributed by atoms with Gasteiger partial charge < -0.3 is 0 Å². The number of fused-ring (bicyclic) bond motifs is 4. The van der Waals surface area contributed by atoms with E-state index in [0.29, 0.717) is 0 Å². The van der Waals surface area contributed by atoms with Crippen molar-refractivity contribution in [3.05, 3.63) is 113 Å². The third-order valence-corrected chi connectivity index (χ3v) is 12.1. The number of allylic oxidation sites excluding steroid dienone is 4. The van der Waals surface area contributed by atoms with Crippen LogP contribution in [0.1, 0.15) is 63.9 Å². The van der Waals surface area contributed by atoms with Gasteiger partial charge in [0.05, 0.1) is 8.07 Å². The van der Waals surface area contributed by atoms with Crippen LogP contribution in [0.5, 0.6) is 0 Å². The fourth-order valence-electron chi connectivity index (χ4n) is 7.23. The molecule has 0 heterocycles. The van der Waals surface area contributed by atoms with Gasteiger partial charge in [-0.1, -0.05) is 94.3 Å². The summed E-state index contributed by atoms with van der Waals surface area (Å²) >= 11 is -0.826. The van der Waals surface area contributed by atoms with Gasteiger partial charge in [-0.05, 0) is 83.9 Å². The van der Waals surface area contributed by atoms with Gasteiger partial charge >= 0.3 is 37.9 Å². The molecule has 0 aromatic heterocycles. The standard InChI is InChI=1S/C31H34Si.2ClH.Zr/c1-21-20-29-23(22-12-5-4-6-13-22)18-11-19-28(29)30(21)32(2,3)31-26-16-9-7-14-24(26)25-15-8-10-17-27(25)31;;;/h4-6,11-13,18-20H,7-10,14-17H2,1-3H3;2*1H;/q;;;+4/p-2. The molecule has 0 N–H and O–H groups in total. The van der Waals surface area contributed by atoms with Crippen molar-refractivity contribution in [2.75, 3.05) is 0 Å². The SMILES string of the molecule is C[C]1[CH][C]2[C](C=CC=C2c2ccccc2)[C]1[Si](C)(C)[C]1[C]2CCCC[C]2[C]2CCCC[C]21.[Cl][Zr+2][Cl]. The quantitative estimate of drug-likeness (QED) is 0.305. The van der Waals surface area contributed by atoms with E-state index in [2.05, 4.69) is 75.0 Å². The summed E-state index contributed by atoms with van der Waals surface area (Å²) in [6.45, 7) is 7.69. The van der Waals surface area contributed by atoms with Crippen LogP contribution in [0.25, 0.3) is 5.57 Å². The van der Waals surface area contributed by atoms with E-state index in [1.165, 1.54) is 80.3 Å². The van der Waals surface area contributed by atoms with Crippen LogP contribution in [0.15, 0.2) is 48.6 Å². The normalized spacial score (nSPS) is 26.0. The maximum absolute atomic E-state index is 4.93. The molecule has 35 heavy (non-hydrogen) atoms. The van der Waals surface area contributed by atoms with Crippen molar-refractivity contribution in [1.29, 1.82) is 0 Å². The van der Waals surface area contributed by atoms with Crippen molar-refractivity contribution in [3.63, 3.8) is 0 Å². The Morgan fingerprint density at radius 3 is 1.86 bits per heavy atom. The molecule has 178 valence electrons. The van der Waals surface area contributed by atoms with Gasteiger partial charge in [0.25, 0.3) is 0 Å². The molecule has 10 radical (unpaired) electrons. The van der Waals surface area contributed by atoms with Gasteiger partial charge in [-0.2, -0.15) is 0 Å². The van der Waals surface area contributed by atoms with Crippen LogP contribution in [0.4, 0.5) is 0 Å². The van der Waals surface area contributed by atoms with Crippen molar-refractivity contribution in [1.82, 2.24) is 0 Å². The molecular formula is C31H34Cl2SiZr+2. The Morgan fingerprint density at radius 2 is 1.29 bits per heavy atom. The molecule has 1 aromatic carbocycles. The first-order valence-corrected chi connectivity index (χ1v) is 22.4. The molecule has 4 fully saturated rings. The summed E-state index contributed by atoms with van der Waals surface area (Å²) in [5.41, 5.74) is 6.26. The van der Waals surface area contributed by atoms with Gasteiger partial charge in [-0.25, -0.2) is 0 Å². The molecule has 5 aliphatic rings. The molecule has 0 nitrogen and oxygen atoms in total. The van der Waals surface area contributed by atoms with E-state index in [0.717, 1.165) is 0 Å². The van der Waals surface area contributed by atoms with Crippen LogP contribution < -0.4 is 0 Å². The molecular weight excluding hydrogens is 563 g/mol. The summed E-state index contributed by atoms with van der Waals surface area (Å²) in [6, 6.07) is 10.9. The van der Waals surface area contributed by atoms with E-state index < -0.39 is 28.9 Å². The molecule has 0 saturated heterocycles. The van der Waals surface area contributed by atoms with Gasteiger partial charge in [0.1, 0.15) is 0 Å². The van der Waals surface area contributed by atoms with Gasteiger partial charge in [0, 0.05) is 11.8 Å². The fraction of sp³-hybridized carbons (Fsp3) is 0.355. The zero-order valence-electron chi connectivity index (χ0n) is 21.1. The molecule has 0 amide bonds. The zero-order chi connectivity index (χ0) is 24.6. The van der Waals surface area contributed by atoms with Gasteiger partial charge in [0.15, 0.2) is 0 Å². The average molecular weight is 597 g/mol. The van der Waals surface area contributed by atoms with Gasteiger partial charge in [-0.15, -0.1) is 0 Å². The Morgan fingerprint density at radius 1 is 0.743 bits per heavy atom. The third kappa shape index (κ3) is 5.06. The molecule has 4 saturated carbocycles. The Labute approximate surface area is 234 Å². The van der Waals surface area contributed by atoms with Crippen LogP contribution >= 0.6 is 17.0 Å². The first-order chi connectivity index (χ1) is 17.0. The molecule has 1 aromatic rings. The molecule has 6 rings (SSSR count). The Kier molecular flexibility index (Phi) is 8.96. The van der Waals surface area contributed by atoms with E-state index in [4.69, 9.17) is 17.0 Å². The van der Waals surface area contributed by atoms with E-state index >= 15 is 0 Å². The van der Waals surface area contributed by atoms with Crippen molar-refractivity contribution in [2.24, 2.45) is 0 Å². The Bertz CT molecular complexity index is 890. The summed E-state index contributed by atoms with van der Waals surface area (Å²) in [7, 11) is 8.03. The first-order valence-electron chi connectivity index (χ1n) is 13.0. The van der Waals surface area contributed by atoms with Crippen molar-refractivity contribution >= 4 is 30.7 Å². The molecule has 5 aliphatic carbocycles. The summed E-state index contributed by atoms with van der Waals surface area (Å²) in [6.07, 6.45) is 20.3. The molecule has 0 aliphatic heterocycles. The zero-order valence-corrected chi connectivity index (χ0v) is 26.1. The van der Waals surface area contributed by atoms with Crippen molar-refractivity contribution in [2.45, 2.75) is 71.4 Å². The molecule has 0 atom stereocenters. The number of benzene rings is 1. The number of hydrogen-bond donors (Lipinski definition) is 0. The Hall–Kier alpha value is 0.380. The topological polar surface area (TPSA) is 0 Å². The average Bonchev–Trinajstić information content (AvgIpc) is 3.40. The van der Waals surface area contributed by atoms with Gasteiger partial charge in [0.2, 0.25) is 0 Å². The molecule has 4 heteroatoms. The van der Waals surface area contributed by atoms with Crippen LogP contribution in [-0.2, 0) is 20.8 Å². The van der Waals surface area contributed by atoms with Crippen molar-refractivity contribution in [3.8, 4) is 0 Å². The third-order valence-electron chi connectivity index (χ3n) is 8.37. The monoisotopic (exact) mass is 594 g/mol. The number of halogens is 2. The molecule has 0 spiro atoms. The maximum atomic E-state index is 4.93. The second kappa shape index (κ2) is 11.6. The van der Waals surface area contributed by atoms with Crippen LogP contribution in [0.2, 0.25) is 13.1 Å². The van der Waals surface area contributed by atoms with E-state index in [1.54, 1.807) is 29.2 Å². The number of rotatable bonds is 3. The van der Waals surface area contributed by atoms with E-state index in [1.807, 2.05) is 5.54 Å².